The highest BCUT2D eigenvalue weighted by atomic mass is 16.3. The van der Waals surface area contributed by atoms with Gasteiger partial charge in [0, 0.05) is 19.3 Å². The molecule has 1 aliphatic heterocycles. The normalized spacial score (nSPS) is 22.2. The second kappa shape index (κ2) is 4.94. The van der Waals surface area contributed by atoms with E-state index in [0.29, 0.717) is 5.92 Å². The number of aryl methyl sites for hydroxylation is 1. The van der Waals surface area contributed by atoms with Crippen LogP contribution in [0.4, 0.5) is 0 Å². The van der Waals surface area contributed by atoms with Gasteiger partial charge in [0.15, 0.2) is 0 Å². The summed E-state index contributed by atoms with van der Waals surface area (Å²) in [5, 5.41) is 9.68. The molecule has 0 radical (unpaired) electrons. The van der Waals surface area contributed by atoms with Crippen molar-refractivity contribution >= 4 is 5.65 Å². The predicted molar refractivity (Wildman–Crippen MR) is 75.0 cm³/mol. The third-order valence-electron chi connectivity index (χ3n) is 4.19. The van der Waals surface area contributed by atoms with E-state index in [9.17, 15) is 5.11 Å². The van der Waals surface area contributed by atoms with E-state index in [0.717, 1.165) is 37.4 Å². The lowest BCUT2D eigenvalue weighted by Gasteiger charge is -2.17. The number of likely N-dealkylation sites (tertiary alicyclic amines) is 1. The Kier molecular flexibility index (Phi) is 3.29. The topological polar surface area (TPSA) is 40.8 Å². The van der Waals surface area contributed by atoms with E-state index in [1.165, 1.54) is 5.69 Å². The van der Waals surface area contributed by atoms with Crippen LogP contribution in [0.3, 0.4) is 0 Å². The number of fused-ring (bicyclic) bond motifs is 1. The molecule has 1 saturated heterocycles. The number of pyridine rings is 1. The number of aliphatic hydroxyl groups is 1. The van der Waals surface area contributed by atoms with Gasteiger partial charge in [0.25, 0.3) is 0 Å². The average molecular weight is 259 g/mol. The van der Waals surface area contributed by atoms with Gasteiger partial charge >= 0.3 is 0 Å². The van der Waals surface area contributed by atoms with Gasteiger partial charge in [-0.05, 0) is 44.9 Å². The minimum absolute atomic E-state index is 0.201. The molecule has 0 aromatic carbocycles. The van der Waals surface area contributed by atoms with Crippen LogP contribution in [0, 0.1) is 12.8 Å². The van der Waals surface area contributed by atoms with Gasteiger partial charge in [-0.15, -0.1) is 0 Å². The summed E-state index contributed by atoms with van der Waals surface area (Å²) >= 11 is 0. The summed E-state index contributed by atoms with van der Waals surface area (Å²) in [7, 11) is 0. The maximum Gasteiger partial charge on any atom is 0.137 e. The predicted octanol–water partition coefficient (Wildman–Crippen LogP) is 1.85. The molecular weight excluding hydrogens is 238 g/mol. The first-order valence-corrected chi connectivity index (χ1v) is 6.98. The molecule has 2 aromatic heterocycles. The Morgan fingerprint density at radius 2 is 2.32 bits per heavy atom. The number of aromatic nitrogens is 2. The Hall–Kier alpha value is -1.39. The van der Waals surface area contributed by atoms with Crippen molar-refractivity contribution in [2.75, 3.05) is 13.1 Å². The van der Waals surface area contributed by atoms with Crippen LogP contribution in [0.25, 0.3) is 5.65 Å². The highest BCUT2D eigenvalue weighted by molar-refractivity contribution is 5.42. The van der Waals surface area contributed by atoms with Gasteiger partial charge in [-0.3, -0.25) is 4.90 Å². The van der Waals surface area contributed by atoms with Crippen LogP contribution < -0.4 is 0 Å². The fourth-order valence-corrected chi connectivity index (χ4v) is 2.97. The maximum absolute atomic E-state index is 9.68. The molecule has 19 heavy (non-hydrogen) atoms. The Morgan fingerprint density at radius 3 is 3.05 bits per heavy atom. The van der Waals surface area contributed by atoms with E-state index in [-0.39, 0.29) is 6.10 Å². The zero-order valence-corrected chi connectivity index (χ0v) is 11.6. The average Bonchev–Trinajstić information content (AvgIpc) is 2.96. The minimum atomic E-state index is -0.201. The molecule has 102 valence electrons. The molecule has 1 N–H and O–H groups in total. The number of nitrogens with zero attached hydrogens (tertiary/aromatic N) is 3. The second-order valence-corrected chi connectivity index (χ2v) is 5.60. The van der Waals surface area contributed by atoms with Crippen LogP contribution in [0.15, 0.2) is 24.4 Å². The Balaban J connectivity index is 1.81. The number of imidazole rings is 1. The zero-order chi connectivity index (χ0) is 13.4. The lowest BCUT2D eigenvalue weighted by atomic mass is 10.0. The Labute approximate surface area is 113 Å². The van der Waals surface area contributed by atoms with Crippen LogP contribution in [0.5, 0.6) is 0 Å². The van der Waals surface area contributed by atoms with Gasteiger partial charge in [-0.1, -0.05) is 6.07 Å². The van der Waals surface area contributed by atoms with Crippen LogP contribution >= 0.6 is 0 Å². The number of aliphatic hydroxyl groups excluding tert-OH is 1. The molecule has 0 amide bonds. The molecular formula is C15H21N3O. The van der Waals surface area contributed by atoms with E-state index >= 15 is 0 Å². The fourth-order valence-electron chi connectivity index (χ4n) is 2.97. The van der Waals surface area contributed by atoms with Crippen molar-refractivity contribution in [1.29, 1.82) is 0 Å². The van der Waals surface area contributed by atoms with Crippen LogP contribution in [-0.4, -0.2) is 38.6 Å². The highest BCUT2D eigenvalue weighted by Crippen LogP contribution is 2.23. The zero-order valence-electron chi connectivity index (χ0n) is 11.6. The quantitative estimate of drug-likeness (QED) is 0.914. The first-order valence-electron chi connectivity index (χ1n) is 6.98. The van der Waals surface area contributed by atoms with E-state index in [1.54, 1.807) is 0 Å². The summed E-state index contributed by atoms with van der Waals surface area (Å²) < 4.78 is 2.17. The van der Waals surface area contributed by atoms with Crippen LogP contribution in [-0.2, 0) is 6.54 Å². The molecule has 0 bridgehead atoms. The van der Waals surface area contributed by atoms with Gasteiger partial charge in [0.1, 0.15) is 5.65 Å². The van der Waals surface area contributed by atoms with Crippen molar-refractivity contribution in [2.24, 2.45) is 5.92 Å². The summed E-state index contributed by atoms with van der Waals surface area (Å²) in [5.41, 5.74) is 3.38. The van der Waals surface area contributed by atoms with Crippen LogP contribution in [0.2, 0.25) is 0 Å². The van der Waals surface area contributed by atoms with Gasteiger partial charge in [0.2, 0.25) is 0 Å². The molecule has 1 fully saturated rings. The van der Waals surface area contributed by atoms with Gasteiger partial charge in [-0.2, -0.15) is 0 Å². The maximum atomic E-state index is 9.68. The molecule has 4 heteroatoms. The monoisotopic (exact) mass is 259 g/mol. The Bertz CT molecular complexity index is 576. The molecule has 2 unspecified atom stereocenters. The van der Waals surface area contributed by atoms with Crippen molar-refractivity contribution < 1.29 is 5.11 Å². The molecule has 3 heterocycles. The van der Waals surface area contributed by atoms with Crippen molar-refractivity contribution in [2.45, 2.75) is 32.9 Å². The van der Waals surface area contributed by atoms with E-state index in [2.05, 4.69) is 27.4 Å². The molecule has 0 saturated carbocycles. The summed E-state index contributed by atoms with van der Waals surface area (Å²) in [4.78, 5) is 7.01. The van der Waals surface area contributed by atoms with Gasteiger partial charge < -0.3 is 9.51 Å². The third kappa shape index (κ3) is 2.38. The summed E-state index contributed by atoms with van der Waals surface area (Å²) in [6.45, 7) is 6.94. The van der Waals surface area contributed by atoms with Crippen LogP contribution in [0.1, 0.15) is 24.7 Å². The standard InChI is InChI=1S/C15H21N3O/c1-11-14(18-7-4-3-5-15(18)16-11)10-17-8-6-13(9-17)12(2)19/h3-5,7,12-13,19H,6,8-10H2,1-2H3. The van der Waals surface area contributed by atoms with E-state index < -0.39 is 0 Å². The van der Waals surface area contributed by atoms with Crippen molar-refractivity contribution in [3.63, 3.8) is 0 Å². The summed E-state index contributed by atoms with van der Waals surface area (Å²) in [5.74, 6) is 0.416. The number of hydrogen-bond acceptors (Lipinski definition) is 3. The molecule has 3 rings (SSSR count). The second-order valence-electron chi connectivity index (χ2n) is 5.60. The SMILES string of the molecule is Cc1nc2ccccn2c1CN1CCC(C(C)O)C1. The van der Waals surface area contributed by atoms with Crippen molar-refractivity contribution in [3.8, 4) is 0 Å². The third-order valence-corrected chi connectivity index (χ3v) is 4.19. The first kappa shape index (κ1) is 12.6. The van der Waals surface area contributed by atoms with E-state index in [1.807, 2.05) is 25.1 Å². The fraction of sp³-hybridized carbons (Fsp3) is 0.533. The number of hydrogen-bond donors (Lipinski definition) is 1. The largest absolute Gasteiger partial charge is 0.393 e. The molecule has 2 atom stereocenters. The van der Waals surface area contributed by atoms with Crippen molar-refractivity contribution in [3.05, 3.63) is 35.8 Å². The summed E-state index contributed by atoms with van der Waals surface area (Å²) in [6, 6.07) is 6.10. The molecule has 0 spiro atoms. The molecule has 1 aliphatic rings. The lowest BCUT2D eigenvalue weighted by Crippen LogP contribution is -2.24. The summed E-state index contributed by atoms with van der Waals surface area (Å²) in [6.07, 6.45) is 2.97. The van der Waals surface area contributed by atoms with Gasteiger partial charge in [0.05, 0.1) is 17.5 Å². The van der Waals surface area contributed by atoms with Gasteiger partial charge in [-0.25, -0.2) is 4.98 Å². The molecule has 0 aliphatic carbocycles. The Morgan fingerprint density at radius 1 is 1.47 bits per heavy atom. The lowest BCUT2D eigenvalue weighted by molar-refractivity contribution is 0.127. The molecule has 4 nitrogen and oxygen atoms in total. The molecule has 2 aromatic rings. The minimum Gasteiger partial charge on any atom is -0.393 e. The van der Waals surface area contributed by atoms with Crippen molar-refractivity contribution in [1.82, 2.24) is 14.3 Å². The first-order chi connectivity index (χ1) is 9.15. The number of rotatable bonds is 3. The smallest absolute Gasteiger partial charge is 0.137 e. The van der Waals surface area contributed by atoms with E-state index in [4.69, 9.17) is 0 Å². The highest BCUT2D eigenvalue weighted by Gasteiger charge is 2.26.